The molecule has 1 saturated heterocycles. The van der Waals surface area contributed by atoms with Crippen LogP contribution in [0.25, 0.3) is 0 Å². The van der Waals surface area contributed by atoms with E-state index in [1.54, 1.807) is 0 Å². The highest BCUT2D eigenvalue weighted by Gasteiger charge is 2.68. The molecule has 3 unspecified atom stereocenters. The quantitative estimate of drug-likeness (QED) is 0.705. The Morgan fingerprint density at radius 2 is 1.56 bits per heavy atom. The van der Waals surface area contributed by atoms with E-state index in [4.69, 9.17) is 9.47 Å². The maximum Gasteiger partial charge on any atom is 0.174 e. The standard InChI is InChI=1S/C21H34O4/c1-19-6-3-14(22)11-13(19)12-17(23)18-15(19)4-7-20(2)16(18)5-8-21(20)24-9-10-25-21/h13-18,22-23H,3-12H2,1-2H3/t13-,14-,15?,16?,17+,18?,19+,20+/m1/s1. The van der Waals surface area contributed by atoms with Gasteiger partial charge in [0.2, 0.25) is 0 Å². The number of aliphatic hydroxyl groups is 2. The molecule has 0 bridgehead atoms. The molecule has 0 aromatic rings. The van der Waals surface area contributed by atoms with Gasteiger partial charge in [0.25, 0.3) is 0 Å². The first-order chi connectivity index (χ1) is 11.9. The lowest BCUT2D eigenvalue weighted by atomic mass is 9.44. The molecule has 0 aromatic heterocycles. The van der Waals surface area contributed by atoms with Crippen molar-refractivity contribution in [1.29, 1.82) is 0 Å². The molecule has 4 saturated carbocycles. The first-order valence-corrected chi connectivity index (χ1v) is 10.5. The summed E-state index contributed by atoms with van der Waals surface area (Å²) >= 11 is 0. The van der Waals surface area contributed by atoms with Crippen LogP contribution in [0.1, 0.15) is 65.2 Å². The van der Waals surface area contributed by atoms with Crippen LogP contribution in [0.5, 0.6) is 0 Å². The largest absolute Gasteiger partial charge is 0.393 e. The lowest BCUT2D eigenvalue weighted by Gasteiger charge is -2.62. The van der Waals surface area contributed by atoms with Crippen LogP contribution in [0.4, 0.5) is 0 Å². The summed E-state index contributed by atoms with van der Waals surface area (Å²) in [7, 11) is 0. The first-order valence-electron chi connectivity index (χ1n) is 10.5. The summed E-state index contributed by atoms with van der Waals surface area (Å²) in [5.74, 6) is 1.56. The normalized spacial score (nSPS) is 57.1. The number of ether oxygens (including phenoxy) is 2. The van der Waals surface area contributed by atoms with Crippen molar-refractivity contribution in [2.45, 2.75) is 83.2 Å². The van der Waals surface area contributed by atoms with Crippen molar-refractivity contribution in [3.8, 4) is 0 Å². The highest BCUT2D eigenvalue weighted by Crippen LogP contribution is 2.69. The van der Waals surface area contributed by atoms with Crippen molar-refractivity contribution in [2.24, 2.45) is 34.5 Å². The third kappa shape index (κ3) is 2.09. The van der Waals surface area contributed by atoms with Gasteiger partial charge in [0.1, 0.15) is 0 Å². The Labute approximate surface area is 151 Å². The van der Waals surface area contributed by atoms with Crippen LogP contribution in [-0.4, -0.2) is 41.4 Å². The second kappa shape index (κ2) is 5.43. The number of aliphatic hydroxyl groups excluding tert-OH is 2. The summed E-state index contributed by atoms with van der Waals surface area (Å²) in [5, 5.41) is 21.3. The number of hydrogen-bond acceptors (Lipinski definition) is 4. The van der Waals surface area contributed by atoms with E-state index in [9.17, 15) is 10.2 Å². The van der Waals surface area contributed by atoms with Gasteiger partial charge < -0.3 is 19.7 Å². The minimum atomic E-state index is -0.386. The minimum Gasteiger partial charge on any atom is -0.393 e. The molecule has 142 valence electrons. The summed E-state index contributed by atoms with van der Waals surface area (Å²) in [6, 6.07) is 0. The molecule has 25 heavy (non-hydrogen) atoms. The van der Waals surface area contributed by atoms with Crippen molar-refractivity contribution >= 4 is 0 Å². The molecule has 5 rings (SSSR count). The van der Waals surface area contributed by atoms with E-state index < -0.39 is 0 Å². The predicted molar refractivity (Wildman–Crippen MR) is 93.8 cm³/mol. The van der Waals surface area contributed by atoms with Gasteiger partial charge in [-0.15, -0.1) is 0 Å². The molecule has 8 atom stereocenters. The Kier molecular flexibility index (Phi) is 3.69. The van der Waals surface area contributed by atoms with Gasteiger partial charge >= 0.3 is 0 Å². The van der Waals surface area contributed by atoms with E-state index in [1.807, 2.05) is 0 Å². The maximum absolute atomic E-state index is 11.2. The molecule has 4 heteroatoms. The summed E-state index contributed by atoms with van der Waals surface area (Å²) in [5.41, 5.74) is 0.334. The molecular formula is C21H34O4. The fourth-order valence-electron chi connectivity index (χ4n) is 8.09. The van der Waals surface area contributed by atoms with Crippen LogP contribution in [0.3, 0.4) is 0 Å². The smallest absolute Gasteiger partial charge is 0.174 e. The van der Waals surface area contributed by atoms with Gasteiger partial charge in [-0.3, -0.25) is 0 Å². The van der Waals surface area contributed by atoms with Gasteiger partial charge in [0.15, 0.2) is 5.79 Å². The average Bonchev–Trinajstić information content (AvgIpc) is 3.17. The Bertz CT molecular complexity index is 544. The molecule has 1 aliphatic heterocycles. The minimum absolute atomic E-state index is 0.0447. The topological polar surface area (TPSA) is 58.9 Å². The maximum atomic E-state index is 11.2. The zero-order chi connectivity index (χ0) is 17.4. The van der Waals surface area contributed by atoms with Gasteiger partial charge in [-0.25, -0.2) is 0 Å². The van der Waals surface area contributed by atoms with Crippen molar-refractivity contribution in [2.75, 3.05) is 13.2 Å². The molecular weight excluding hydrogens is 316 g/mol. The van der Waals surface area contributed by atoms with Crippen molar-refractivity contribution in [1.82, 2.24) is 0 Å². The highest BCUT2D eigenvalue weighted by atomic mass is 16.7. The molecule has 4 nitrogen and oxygen atoms in total. The van der Waals surface area contributed by atoms with Crippen LogP contribution in [-0.2, 0) is 9.47 Å². The van der Waals surface area contributed by atoms with Crippen molar-refractivity contribution in [3.05, 3.63) is 0 Å². The van der Waals surface area contributed by atoms with Gasteiger partial charge in [-0.2, -0.15) is 0 Å². The van der Waals surface area contributed by atoms with Crippen molar-refractivity contribution in [3.63, 3.8) is 0 Å². The second-order valence-corrected chi connectivity index (χ2v) is 10.2. The third-order valence-corrected chi connectivity index (χ3v) is 9.45. The third-order valence-electron chi connectivity index (χ3n) is 9.45. The zero-order valence-corrected chi connectivity index (χ0v) is 15.7. The molecule has 5 fully saturated rings. The molecule has 4 aliphatic carbocycles. The lowest BCUT2D eigenvalue weighted by molar-refractivity contribution is -0.256. The summed E-state index contributed by atoms with van der Waals surface area (Å²) in [6.45, 7) is 6.27. The number of fused-ring (bicyclic) bond motifs is 6. The Morgan fingerprint density at radius 3 is 2.32 bits per heavy atom. The van der Waals surface area contributed by atoms with Crippen molar-refractivity contribution < 1.29 is 19.7 Å². The molecule has 1 heterocycles. The molecule has 2 N–H and O–H groups in total. The first kappa shape index (κ1) is 17.0. The number of hydrogen-bond donors (Lipinski definition) is 2. The van der Waals surface area contributed by atoms with E-state index in [1.165, 1.54) is 6.42 Å². The van der Waals surface area contributed by atoms with E-state index in [0.717, 1.165) is 58.2 Å². The predicted octanol–water partition coefficient (Wildman–Crippen LogP) is 3.10. The molecule has 1 spiro atoms. The molecule has 0 radical (unpaired) electrons. The van der Waals surface area contributed by atoms with Crippen LogP contribution >= 0.6 is 0 Å². The highest BCUT2D eigenvalue weighted by molar-refractivity contribution is 5.14. The molecule has 5 aliphatic rings. The van der Waals surface area contributed by atoms with E-state index in [2.05, 4.69) is 13.8 Å². The molecule has 0 aromatic carbocycles. The SMILES string of the molecule is C[C@]12CCC3C(C1CCC21OCCO1)[C@@H](O)C[C@H]1C[C@H](O)CC[C@]31C. The molecule has 0 amide bonds. The Hall–Kier alpha value is -0.160. The second-order valence-electron chi connectivity index (χ2n) is 10.2. The fraction of sp³-hybridized carbons (Fsp3) is 1.00. The Balaban J connectivity index is 1.49. The van der Waals surface area contributed by atoms with Gasteiger partial charge in [0, 0.05) is 11.8 Å². The van der Waals surface area contributed by atoms with Crippen LogP contribution in [0, 0.1) is 34.5 Å². The summed E-state index contributed by atoms with van der Waals surface area (Å²) in [4.78, 5) is 0. The van der Waals surface area contributed by atoms with Gasteiger partial charge in [0.05, 0.1) is 25.4 Å². The average molecular weight is 350 g/mol. The van der Waals surface area contributed by atoms with Gasteiger partial charge in [-0.05, 0) is 74.0 Å². The van der Waals surface area contributed by atoms with E-state index in [-0.39, 0.29) is 28.8 Å². The number of rotatable bonds is 0. The summed E-state index contributed by atoms with van der Waals surface area (Å²) in [6.07, 6.45) is 7.85. The fourth-order valence-corrected chi connectivity index (χ4v) is 8.09. The van der Waals surface area contributed by atoms with Crippen LogP contribution in [0.15, 0.2) is 0 Å². The lowest BCUT2D eigenvalue weighted by Crippen LogP contribution is -2.60. The monoisotopic (exact) mass is 350 g/mol. The van der Waals surface area contributed by atoms with Crippen LogP contribution in [0.2, 0.25) is 0 Å². The zero-order valence-electron chi connectivity index (χ0n) is 15.7. The van der Waals surface area contributed by atoms with E-state index in [0.29, 0.717) is 23.7 Å². The van der Waals surface area contributed by atoms with Gasteiger partial charge in [-0.1, -0.05) is 13.8 Å². The van der Waals surface area contributed by atoms with Crippen LogP contribution < -0.4 is 0 Å². The summed E-state index contributed by atoms with van der Waals surface area (Å²) < 4.78 is 12.4. The van der Waals surface area contributed by atoms with E-state index >= 15 is 0 Å². The Morgan fingerprint density at radius 1 is 0.840 bits per heavy atom.